The Morgan fingerprint density at radius 1 is 1.23 bits per heavy atom. The molecule has 0 fully saturated rings. The maximum Gasteiger partial charge on any atom is 0.420 e. The summed E-state index contributed by atoms with van der Waals surface area (Å²) in [6, 6.07) is 9.66. The number of anilines is 1. The lowest BCUT2D eigenvalue weighted by Gasteiger charge is -2.17. The molecule has 0 radical (unpaired) electrons. The molecule has 2 rings (SSSR count). The SMILES string of the molecule is CCC=O.CNc1ccccc1COc1cc(C)c(S)cc1C(F)(F)F. The lowest BCUT2D eigenvalue weighted by molar-refractivity contribution is -0.139. The summed E-state index contributed by atoms with van der Waals surface area (Å²) in [6.45, 7) is 3.55. The lowest BCUT2D eigenvalue weighted by Crippen LogP contribution is -2.10. The van der Waals surface area contributed by atoms with Gasteiger partial charge in [0.25, 0.3) is 0 Å². The number of nitrogens with one attached hydrogen (secondary N) is 1. The van der Waals surface area contributed by atoms with Gasteiger partial charge in [-0.2, -0.15) is 13.2 Å². The van der Waals surface area contributed by atoms with Crippen molar-refractivity contribution in [1.29, 1.82) is 0 Å². The van der Waals surface area contributed by atoms with Gasteiger partial charge in [-0.1, -0.05) is 25.1 Å². The highest BCUT2D eigenvalue weighted by Gasteiger charge is 2.35. The van der Waals surface area contributed by atoms with Crippen LogP contribution in [0.3, 0.4) is 0 Å². The number of hydrogen-bond acceptors (Lipinski definition) is 4. The quantitative estimate of drug-likeness (QED) is 0.526. The van der Waals surface area contributed by atoms with Crippen LogP contribution in [0.2, 0.25) is 0 Å². The van der Waals surface area contributed by atoms with Crippen LogP contribution in [0.25, 0.3) is 0 Å². The minimum absolute atomic E-state index is 0.0471. The maximum atomic E-state index is 13.1. The van der Waals surface area contributed by atoms with Crippen LogP contribution in [0.5, 0.6) is 5.75 Å². The Morgan fingerprint density at radius 2 is 1.85 bits per heavy atom. The van der Waals surface area contributed by atoms with E-state index in [9.17, 15) is 18.0 Å². The van der Waals surface area contributed by atoms with Gasteiger partial charge >= 0.3 is 6.18 Å². The molecule has 0 aliphatic rings. The van der Waals surface area contributed by atoms with Crippen molar-refractivity contribution >= 4 is 24.6 Å². The molecule has 2 aromatic rings. The van der Waals surface area contributed by atoms with Gasteiger partial charge in [0.15, 0.2) is 0 Å². The number of alkyl halides is 3. The van der Waals surface area contributed by atoms with Crippen molar-refractivity contribution < 1.29 is 22.7 Å². The molecule has 0 aliphatic heterocycles. The average Bonchev–Trinajstić information content (AvgIpc) is 2.61. The highest BCUT2D eigenvalue weighted by molar-refractivity contribution is 7.80. The molecule has 1 N–H and O–H groups in total. The predicted molar refractivity (Wildman–Crippen MR) is 100 cm³/mol. The van der Waals surface area contributed by atoms with Crippen molar-refractivity contribution in [2.75, 3.05) is 12.4 Å². The summed E-state index contributed by atoms with van der Waals surface area (Å²) in [5.74, 6) is -0.186. The largest absolute Gasteiger partial charge is 0.488 e. The summed E-state index contributed by atoms with van der Waals surface area (Å²) >= 11 is 4.05. The average molecular weight is 385 g/mol. The zero-order valence-electron chi connectivity index (χ0n) is 14.9. The number of rotatable bonds is 5. The van der Waals surface area contributed by atoms with Crippen LogP contribution in [0.1, 0.15) is 30.0 Å². The zero-order valence-corrected chi connectivity index (χ0v) is 15.7. The Bertz CT molecular complexity index is 733. The number of aryl methyl sites for hydroxylation is 1. The van der Waals surface area contributed by atoms with E-state index in [-0.39, 0.29) is 17.3 Å². The van der Waals surface area contributed by atoms with Crippen LogP contribution in [0.15, 0.2) is 41.3 Å². The van der Waals surface area contributed by atoms with Gasteiger partial charge < -0.3 is 14.8 Å². The molecule has 0 atom stereocenters. The Balaban J connectivity index is 0.000000765. The second kappa shape index (κ2) is 10.1. The third-order valence-corrected chi connectivity index (χ3v) is 3.92. The third kappa shape index (κ3) is 6.29. The standard InChI is InChI=1S/C16H16F3NOS.C3H6O/c1-10-7-14(12(8-15(10)22)16(17,18)19)21-9-11-5-3-4-6-13(11)20-2;1-2-3-4/h3-8,20,22H,9H2,1-2H3;3H,2H2,1H3. The first kappa shape index (κ1) is 21.9. The lowest BCUT2D eigenvalue weighted by atomic mass is 10.1. The smallest absolute Gasteiger partial charge is 0.420 e. The second-order valence-corrected chi connectivity index (χ2v) is 5.89. The van der Waals surface area contributed by atoms with E-state index in [2.05, 4.69) is 17.9 Å². The number of thiol groups is 1. The molecule has 0 aliphatic carbocycles. The summed E-state index contributed by atoms with van der Waals surface area (Å²) in [6.07, 6.45) is -2.97. The fraction of sp³-hybridized carbons (Fsp3) is 0.316. The normalized spacial score (nSPS) is 10.6. The number of halogens is 3. The third-order valence-electron chi connectivity index (χ3n) is 3.44. The number of para-hydroxylation sites is 1. The van der Waals surface area contributed by atoms with Gasteiger partial charge in [0.05, 0.1) is 5.56 Å². The summed E-state index contributed by atoms with van der Waals surface area (Å²) < 4.78 is 44.7. The molecule has 0 heterocycles. The van der Waals surface area contributed by atoms with E-state index < -0.39 is 11.7 Å². The molecule has 26 heavy (non-hydrogen) atoms. The van der Waals surface area contributed by atoms with E-state index in [1.54, 1.807) is 20.0 Å². The van der Waals surface area contributed by atoms with Gasteiger partial charge in [-0.05, 0) is 30.7 Å². The van der Waals surface area contributed by atoms with Crippen molar-refractivity contribution in [3.63, 3.8) is 0 Å². The number of aldehydes is 1. The molecule has 0 spiro atoms. The Labute approximate surface area is 157 Å². The Hall–Kier alpha value is -2.15. The molecule has 0 bridgehead atoms. The summed E-state index contributed by atoms with van der Waals surface area (Å²) in [5.41, 5.74) is 1.42. The maximum absolute atomic E-state index is 13.1. The molecule has 0 amide bonds. The monoisotopic (exact) mass is 385 g/mol. The van der Waals surface area contributed by atoms with E-state index in [0.717, 1.165) is 23.6 Å². The molecule has 142 valence electrons. The van der Waals surface area contributed by atoms with Crippen molar-refractivity contribution in [3.05, 3.63) is 53.1 Å². The molecule has 0 unspecified atom stereocenters. The van der Waals surface area contributed by atoms with Gasteiger partial charge in [-0.3, -0.25) is 0 Å². The number of hydrogen-bond donors (Lipinski definition) is 2. The van der Waals surface area contributed by atoms with Crippen molar-refractivity contribution in [2.45, 2.75) is 37.9 Å². The van der Waals surface area contributed by atoms with E-state index in [1.165, 1.54) is 6.07 Å². The Morgan fingerprint density at radius 3 is 2.38 bits per heavy atom. The van der Waals surface area contributed by atoms with Gasteiger partial charge in [0, 0.05) is 29.6 Å². The predicted octanol–water partition coefficient (Wildman–Crippen LogP) is 5.52. The zero-order chi connectivity index (χ0) is 19.7. The molecule has 7 heteroatoms. The van der Waals surface area contributed by atoms with Crippen LogP contribution < -0.4 is 10.1 Å². The topological polar surface area (TPSA) is 38.3 Å². The first-order chi connectivity index (χ1) is 12.2. The minimum Gasteiger partial charge on any atom is -0.488 e. The Kier molecular flexibility index (Phi) is 8.51. The minimum atomic E-state index is -4.48. The van der Waals surface area contributed by atoms with E-state index in [1.807, 2.05) is 25.1 Å². The van der Waals surface area contributed by atoms with Crippen molar-refractivity contribution in [1.82, 2.24) is 0 Å². The van der Waals surface area contributed by atoms with Gasteiger partial charge in [-0.25, -0.2) is 0 Å². The number of carbonyl (C=O) groups excluding carboxylic acids is 1. The van der Waals surface area contributed by atoms with E-state index in [4.69, 9.17) is 4.74 Å². The number of ether oxygens (including phenoxy) is 1. The summed E-state index contributed by atoms with van der Waals surface area (Å²) in [5, 5.41) is 2.98. The first-order valence-corrected chi connectivity index (χ1v) is 8.42. The summed E-state index contributed by atoms with van der Waals surface area (Å²) in [7, 11) is 1.75. The highest BCUT2D eigenvalue weighted by Crippen LogP contribution is 2.39. The molecular weight excluding hydrogens is 363 g/mol. The molecular formula is C19H22F3NO2S. The fourth-order valence-corrected chi connectivity index (χ4v) is 2.25. The number of carbonyl (C=O) groups is 1. The van der Waals surface area contributed by atoms with Gasteiger partial charge in [0.2, 0.25) is 0 Å². The van der Waals surface area contributed by atoms with Crippen LogP contribution in [-0.2, 0) is 17.6 Å². The van der Waals surface area contributed by atoms with Crippen LogP contribution in [0, 0.1) is 6.92 Å². The van der Waals surface area contributed by atoms with Crippen LogP contribution >= 0.6 is 12.6 Å². The molecule has 0 aromatic heterocycles. The van der Waals surface area contributed by atoms with Crippen LogP contribution in [0.4, 0.5) is 18.9 Å². The summed E-state index contributed by atoms with van der Waals surface area (Å²) in [4.78, 5) is 9.46. The first-order valence-electron chi connectivity index (χ1n) is 7.97. The highest BCUT2D eigenvalue weighted by atomic mass is 32.1. The molecule has 0 saturated heterocycles. The second-order valence-electron chi connectivity index (χ2n) is 5.40. The van der Waals surface area contributed by atoms with Gasteiger partial charge in [0.1, 0.15) is 18.6 Å². The molecule has 2 aromatic carbocycles. The van der Waals surface area contributed by atoms with Gasteiger partial charge in [-0.15, -0.1) is 12.6 Å². The molecule has 0 saturated carbocycles. The van der Waals surface area contributed by atoms with E-state index >= 15 is 0 Å². The van der Waals surface area contributed by atoms with E-state index in [0.29, 0.717) is 12.0 Å². The number of benzene rings is 2. The molecule has 3 nitrogen and oxygen atoms in total. The fourth-order valence-electron chi connectivity index (χ4n) is 2.06. The van der Waals surface area contributed by atoms with Crippen LogP contribution in [-0.4, -0.2) is 13.3 Å². The van der Waals surface area contributed by atoms with Crippen molar-refractivity contribution in [2.24, 2.45) is 0 Å². The van der Waals surface area contributed by atoms with Crippen molar-refractivity contribution in [3.8, 4) is 5.75 Å².